The summed E-state index contributed by atoms with van der Waals surface area (Å²) in [5.41, 5.74) is 4.52. The van der Waals surface area contributed by atoms with Crippen molar-refractivity contribution in [3.05, 3.63) is 23.8 Å². The third-order valence-corrected chi connectivity index (χ3v) is 2.02. The van der Waals surface area contributed by atoms with Gasteiger partial charge in [0.25, 0.3) is 0 Å². The van der Waals surface area contributed by atoms with E-state index < -0.39 is 11.7 Å². The second-order valence-corrected chi connectivity index (χ2v) is 4.30. The highest BCUT2D eigenvalue weighted by molar-refractivity contribution is 7.80. The maximum Gasteiger partial charge on any atom is 0.420 e. The second-order valence-electron chi connectivity index (χ2n) is 3.86. The van der Waals surface area contributed by atoms with Gasteiger partial charge in [-0.2, -0.15) is 13.2 Å². The molecule has 0 aliphatic carbocycles. The van der Waals surface area contributed by atoms with Crippen LogP contribution in [0.1, 0.15) is 19.4 Å². The molecule has 0 atom stereocenters. The molecular weight excluding hydrogens is 265 g/mol. The fraction of sp³-hybridized carbons (Fsp3) is 0.364. The summed E-state index contributed by atoms with van der Waals surface area (Å²) in [5, 5.41) is 2.35. The first-order chi connectivity index (χ1) is 8.20. The largest absolute Gasteiger partial charge is 0.490 e. The van der Waals surface area contributed by atoms with Crippen molar-refractivity contribution in [2.75, 3.05) is 5.32 Å². The molecule has 0 saturated heterocycles. The molecule has 7 heteroatoms. The van der Waals surface area contributed by atoms with Crippen molar-refractivity contribution in [1.82, 2.24) is 0 Å². The number of benzene rings is 1. The first-order valence-corrected chi connectivity index (χ1v) is 5.55. The minimum atomic E-state index is -4.50. The molecule has 0 heterocycles. The van der Waals surface area contributed by atoms with Crippen LogP contribution in [0.15, 0.2) is 18.2 Å². The molecule has 100 valence electrons. The van der Waals surface area contributed by atoms with E-state index >= 15 is 0 Å². The number of nitrogens with two attached hydrogens (primary N) is 1. The Morgan fingerprint density at radius 1 is 1.39 bits per heavy atom. The fourth-order valence-electron chi connectivity index (χ4n) is 1.33. The van der Waals surface area contributed by atoms with E-state index in [-0.39, 0.29) is 22.7 Å². The normalized spacial score (nSPS) is 11.4. The Labute approximate surface area is 108 Å². The molecule has 0 spiro atoms. The molecule has 1 aromatic carbocycles. The fourth-order valence-corrected chi connectivity index (χ4v) is 1.45. The van der Waals surface area contributed by atoms with Crippen LogP contribution in [0.2, 0.25) is 0 Å². The van der Waals surface area contributed by atoms with Gasteiger partial charge in [-0.3, -0.25) is 0 Å². The van der Waals surface area contributed by atoms with Gasteiger partial charge in [0.05, 0.1) is 11.7 Å². The van der Waals surface area contributed by atoms with E-state index in [9.17, 15) is 13.2 Å². The summed E-state index contributed by atoms with van der Waals surface area (Å²) in [7, 11) is 0. The summed E-state index contributed by atoms with van der Waals surface area (Å²) in [6.07, 6.45) is -4.85. The molecule has 0 aliphatic rings. The molecule has 0 amide bonds. The van der Waals surface area contributed by atoms with Gasteiger partial charge in [0.1, 0.15) is 5.75 Å². The highest BCUT2D eigenvalue weighted by atomic mass is 32.1. The minimum absolute atomic E-state index is 0.0966. The number of rotatable bonds is 3. The van der Waals surface area contributed by atoms with Crippen molar-refractivity contribution in [2.45, 2.75) is 26.1 Å². The van der Waals surface area contributed by atoms with Gasteiger partial charge in [-0.15, -0.1) is 0 Å². The van der Waals surface area contributed by atoms with Crippen LogP contribution in [0, 0.1) is 0 Å². The molecule has 0 radical (unpaired) electrons. The molecule has 3 N–H and O–H groups in total. The van der Waals surface area contributed by atoms with Crippen molar-refractivity contribution in [3.8, 4) is 5.75 Å². The van der Waals surface area contributed by atoms with Gasteiger partial charge in [-0.05, 0) is 44.3 Å². The van der Waals surface area contributed by atoms with E-state index in [1.807, 2.05) is 0 Å². The molecule has 0 aromatic heterocycles. The van der Waals surface area contributed by atoms with Crippen LogP contribution in [0.3, 0.4) is 0 Å². The van der Waals surface area contributed by atoms with Gasteiger partial charge >= 0.3 is 6.18 Å². The molecule has 1 aromatic rings. The number of nitrogens with one attached hydrogen (secondary N) is 1. The zero-order valence-corrected chi connectivity index (χ0v) is 10.7. The van der Waals surface area contributed by atoms with Crippen LogP contribution in [-0.2, 0) is 6.18 Å². The number of alkyl halides is 3. The van der Waals surface area contributed by atoms with Gasteiger partial charge in [0, 0.05) is 5.69 Å². The van der Waals surface area contributed by atoms with Crippen LogP contribution in [0.4, 0.5) is 18.9 Å². The molecule has 0 saturated carbocycles. The van der Waals surface area contributed by atoms with Crippen LogP contribution in [0.5, 0.6) is 5.75 Å². The number of hydrogen-bond donors (Lipinski definition) is 2. The monoisotopic (exact) mass is 278 g/mol. The SMILES string of the molecule is CC(C)Oc1ccc(NC(N)=S)cc1C(F)(F)F. The third-order valence-electron chi connectivity index (χ3n) is 1.92. The van der Waals surface area contributed by atoms with E-state index in [0.29, 0.717) is 0 Å². The van der Waals surface area contributed by atoms with E-state index in [1.165, 1.54) is 12.1 Å². The Kier molecular flexibility index (Phi) is 4.39. The first kappa shape index (κ1) is 14.6. The number of hydrogen-bond acceptors (Lipinski definition) is 2. The lowest BCUT2D eigenvalue weighted by atomic mass is 10.1. The lowest BCUT2D eigenvalue weighted by Gasteiger charge is -2.17. The minimum Gasteiger partial charge on any atom is -0.490 e. The Morgan fingerprint density at radius 3 is 2.44 bits per heavy atom. The molecule has 3 nitrogen and oxygen atoms in total. The lowest BCUT2D eigenvalue weighted by Crippen LogP contribution is -2.20. The first-order valence-electron chi connectivity index (χ1n) is 5.14. The molecule has 0 aliphatic heterocycles. The van der Waals surface area contributed by atoms with Crippen LogP contribution in [0.25, 0.3) is 0 Å². The van der Waals surface area contributed by atoms with Crippen LogP contribution >= 0.6 is 12.2 Å². The molecular formula is C11H13F3N2OS. The molecule has 0 fully saturated rings. The smallest absolute Gasteiger partial charge is 0.420 e. The Hall–Kier alpha value is -1.50. The van der Waals surface area contributed by atoms with Crippen LogP contribution in [-0.4, -0.2) is 11.2 Å². The van der Waals surface area contributed by atoms with E-state index in [2.05, 4.69) is 17.5 Å². The second kappa shape index (κ2) is 5.43. The molecule has 1 rings (SSSR count). The molecule has 0 unspecified atom stereocenters. The average molecular weight is 278 g/mol. The molecule has 0 bridgehead atoms. The van der Waals surface area contributed by atoms with Crippen molar-refractivity contribution in [3.63, 3.8) is 0 Å². The molecule has 18 heavy (non-hydrogen) atoms. The third kappa shape index (κ3) is 4.06. The standard InChI is InChI=1S/C11H13F3N2OS/c1-6(2)17-9-4-3-7(16-10(15)18)5-8(9)11(12,13)14/h3-6H,1-2H3,(H3,15,16,18). The highest BCUT2D eigenvalue weighted by Gasteiger charge is 2.35. The summed E-state index contributed by atoms with van der Waals surface area (Å²) in [5.74, 6) is -0.217. The van der Waals surface area contributed by atoms with E-state index in [4.69, 9.17) is 10.5 Å². The van der Waals surface area contributed by atoms with Gasteiger partial charge in [0.2, 0.25) is 0 Å². The summed E-state index contributed by atoms with van der Waals surface area (Å²) < 4.78 is 43.7. The Bertz CT molecular complexity index is 446. The predicted molar refractivity (Wildman–Crippen MR) is 67.6 cm³/mol. The highest BCUT2D eigenvalue weighted by Crippen LogP contribution is 2.38. The quantitative estimate of drug-likeness (QED) is 0.834. The maximum absolute atomic E-state index is 12.8. The summed E-state index contributed by atoms with van der Waals surface area (Å²) in [4.78, 5) is 0. The van der Waals surface area contributed by atoms with Gasteiger partial charge in [-0.25, -0.2) is 0 Å². The van der Waals surface area contributed by atoms with Crippen molar-refractivity contribution in [2.24, 2.45) is 5.73 Å². The Morgan fingerprint density at radius 2 is 2.00 bits per heavy atom. The number of halogens is 3. The summed E-state index contributed by atoms with van der Waals surface area (Å²) in [6.45, 7) is 3.31. The van der Waals surface area contributed by atoms with Gasteiger partial charge < -0.3 is 15.8 Å². The average Bonchev–Trinajstić information content (AvgIpc) is 2.17. The summed E-state index contributed by atoms with van der Waals surface area (Å²) in [6, 6.07) is 3.58. The maximum atomic E-state index is 12.8. The topological polar surface area (TPSA) is 47.3 Å². The van der Waals surface area contributed by atoms with Gasteiger partial charge in [-0.1, -0.05) is 0 Å². The van der Waals surface area contributed by atoms with Crippen molar-refractivity contribution in [1.29, 1.82) is 0 Å². The number of thiocarbonyl (C=S) groups is 1. The van der Waals surface area contributed by atoms with E-state index in [1.54, 1.807) is 13.8 Å². The number of anilines is 1. The van der Waals surface area contributed by atoms with Gasteiger partial charge in [0.15, 0.2) is 5.11 Å². The van der Waals surface area contributed by atoms with Crippen molar-refractivity contribution < 1.29 is 17.9 Å². The van der Waals surface area contributed by atoms with Crippen molar-refractivity contribution >= 4 is 23.0 Å². The van der Waals surface area contributed by atoms with E-state index in [0.717, 1.165) is 6.07 Å². The lowest BCUT2D eigenvalue weighted by molar-refractivity contribution is -0.139. The summed E-state index contributed by atoms with van der Waals surface area (Å²) >= 11 is 4.57. The zero-order valence-electron chi connectivity index (χ0n) is 9.84. The predicted octanol–water partition coefficient (Wildman–Crippen LogP) is 3.15. The number of ether oxygens (including phenoxy) is 1. The van der Waals surface area contributed by atoms with Crippen LogP contribution < -0.4 is 15.8 Å². The zero-order chi connectivity index (χ0) is 13.9. The Balaban J connectivity index is 3.16.